The average Bonchev–Trinajstić information content (AvgIpc) is 4.21. The summed E-state index contributed by atoms with van der Waals surface area (Å²) in [6.07, 6.45) is 22.0. The molecule has 8 rings (SSSR count). The summed E-state index contributed by atoms with van der Waals surface area (Å²) < 4.78 is 5.44. The molecular formula is C60H76Cl2N2S4. The Morgan fingerprint density at radius 3 is 1.22 bits per heavy atom. The number of aromatic nitrogens is 2. The van der Waals surface area contributed by atoms with Gasteiger partial charge in [-0.3, -0.25) is 0 Å². The summed E-state index contributed by atoms with van der Waals surface area (Å²) in [5, 5.41) is 4.23. The Hall–Kier alpha value is -2.84. The first-order valence-corrected chi connectivity index (χ1v) is 30.5. The minimum atomic E-state index is 0.570. The van der Waals surface area contributed by atoms with E-state index in [2.05, 4.69) is 125 Å². The monoisotopic (exact) mass is 1020 g/mol. The second-order valence-electron chi connectivity index (χ2n) is 19.8. The van der Waals surface area contributed by atoms with E-state index < -0.39 is 0 Å². The first-order chi connectivity index (χ1) is 33.1. The molecule has 6 aromatic heterocycles. The van der Waals surface area contributed by atoms with Gasteiger partial charge in [0.15, 0.2) is 0 Å². The summed E-state index contributed by atoms with van der Waals surface area (Å²) in [6.45, 7) is 20.5. The van der Waals surface area contributed by atoms with E-state index in [-0.39, 0.29) is 0 Å². The van der Waals surface area contributed by atoms with Crippen molar-refractivity contribution in [2.75, 3.05) is 0 Å². The molecule has 2 unspecified atom stereocenters. The number of thiophene rings is 4. The van der Waals surface area contributed by atoms with Gasteiger partial charge in [0.05, 0.1) is 32.1 Å². The second-order valence-corrected chi connectivity index (χ2v) is 25.3. The molecule has 364 valence electrons. The Kier molecular flexibility index (Phi) is 18.2. The molecule has 0 amide bonds. The summed E-state index contributed by atoms with van der Waals surface area (Å²) in [4.78, 5) is 10.9. The molecule has 68 heavy (non-hydrogen) atoms. The van der Waals surface area contributed by atoms with E-state index in [0.717, 1.165) is 59.9 Å². The van der Waals surface area contributed by atoms with Crippen molar-refractivity contribution in [2.24, 2.45) is 11.8 Å². The van der Waals surface area contributed by atoms with E-state index >= 15 is 0 Å². The van der Waals surface area contributed by atoms with Crippen LogP contribution in [-0.2, 0) is 25.9 Å². The van der Waals surface area contributed by atoms with Crippen LogP contribution in [0.3, 0.4) is 0 Å². The highest BCUT2D eigenvalue weighted by molar-refractivity contribution is 7.24. The Morgan fingerprint density at radius 2 is 0.868 bits per heavy atom. The van der Waals surface area contributed by atoms with E-state index in [1.807, 2.05) is 45.3 Å². The molecule has 0 aliphatic carbocycles. The number of unbranched alkanes of at least 4 members (excludes halogenated alkanes) is 8. The van der Waals surface area contributed by atoms with Crippen molar-refractivity contribution in [3.05, 3.63) is 91.6 Å². The van der Waals surface area contributed by atoms with Gasteiger partial charge < -0.3 is 9.13 Å². The maximum Gasteiger partial charge on any atom is 0.0754 e. The van der Waals surface area contributed by atoms with Crippen molar-refractivity contribution < 1.29 is 0 Å². The van der Waals surface area contributed by atoms with Crippen molar-refractivity contribution in [3.63, 3.8) is 0 Å². The third-order valence-electron chi connectivity index (χ3n) is 14.7. The molecule has 6 heterocycles. The maximum absolute atomic E-state index is 7.68. The fourth-order valence-electron chi connectivity index (χ4n) is 10.6. The summed E-state index contributed by atoms with van der Waals surface area (Å²) in [5.41, 5.74) is 10.5. The molecule has 2 nitrogen and oxygen atoms in total. The minimum absolute atomic E-state index is 0.570. The number of aryl methyl sites for hydroxylation is 4. The average molecular weight is 1020 g/mol. The predicted octanol–water partition coefficient (Wildman–Crippen LogP) is 22.3. The van der Waals surface area contributed by atoms with Crippen molar-refractivity contribution in [1.29, 1.82) is 0 Å². The van der Waals surface area contributed by atoms with Crippen LogP contribution in [0.5, 0.6) is 0 Å². The second kappa shape index (κ2) is 24.1. The number of halogens is 2. The highest BCUT2D eigenvalue weighted by Gasteiger charge is 2.27. The molecule has 0 aliphatic rings. The lowest BCUT2D eigenvalue weighted by molar-refractivity contribution is 0.399. The molecule has 0 bridgehead atoms. The zero-order chi connectivity index (χ0) is 47.9. The van der Waals surface area contributed by atoms with Crippen molar-refractivity contribution >= 4 is 101 Å². The van der Waals surface area contributed by atoms with Gasteiger partial charge in [0.25, 0.3) is 0 Å². The Bertz CT molecular complexity index is 2710. The van der Waals surface area contributed by atoms with E-state index in [1.165, 1.54) is 173 Å². The Morgan fingerprint density at radius 1 is 0.456 bits per heavy atom. The molecule has 2 atom stereocenters. The topological polar surface area (TPSA) is 9.86 Å². The van der Waals surface area contributed by atoms with Crippen LogP contribution in [0.25, 0.3) is 73.2 Å². The summed E-state index contributed by atoms with van der Waals surface area (Å²) >= 11 is 23.1. The third-order valence-corrected chi connectivity index (χ3v) is 20.1. The number of fused-ring (bicyclic) bond motifs is 5. The zero-order valence-electron chi connectivity index (χ0n) is 42.4. The minimum Gasteiger partial charge on any atom is -0.338 e. The highest BCUT2D eigenvalue weighted by Crippen LogP contribution is 2.49. The van der Waals surface area contributed by atoms with Gasteiger partial charge in [-0.2, -0.15) is 0 Å². The lowest BCUT2D eigenvalue weighted by Crippen LogP contribution is -2.10. The lowest BCUT2D eigenvalue weighted by Gasteiger charge is -2.18. The van der Waals surface area contributed by atoms with Gasteiger partial charge in [-0.1, -0.05) is 142 Å². The molecule has 0 spiro atoms. The molecule has 0 fully saturated rings. The zero-order valence-corrected chi connectivity index (χ0v) is 47.1. The standard InChI is InChI=1S/C60H76Cl2N2S4/c1-9-15-19-21-25-43-31-55(67-59(43)53-29-27-39(7)65-53)45-35-51-47(33-49(45)61)57-58(63(51)37-41(13-5)23-17-11-3)48-34-50(62)46(36-52(48)64(57)38-42(14-6)24-18-12-4)56-32-44(26-22-20-16-10-2)60(68-56)54-30-28-40(8)66-54/h27-36,41-42H,9-26,37-38H2,1-8H3. The highest BCUT2D eigenvalue weighted by atomic mass is 35.5. The Labute approximate surface area is 435 Å². The fourth-order valence-corrected chi connectivity index (χ4v) is 15.8. The molecule has 0 saturated carbocycles. The molecule has 0 saturated heterocycles. The van der Waals surface area contributed by atoms with E-state index in [1.54, 1.807) is 0 Å². The van der Waals surface area contributed by atoms with E-state index in [0.29, 0.717) is 11.8 Å². The summed E-state index contributed by atoms with van der Waals surface area (Å²) in [5.74, 6) is 1.14. The summed E-state index contributed by atoms with van der Waals surface area (Å²) in [6, 6.07) is 23.8. The van der Waals surface area contributed by atoms with E-state index in [9.17, 15) is 0 Å². The third kappa shape index (κ3) is 11.3. The molecule has 8 aromatic rings. The van der Waals surface area contributed by atoms with Gasteiger partial charge in [0, 0.05) is 74.0 Å². The van der Waals surface area contributed by atoms with E-state index in [4.69, 9.17) is 23.2 Å². The molecule has 0 aliphatic heterocycles. The van der Waals surface area contributed by atoms with Gasteiger partial charge in [-0.15, -0.1) is 45.3 Å². The van der Waals surface area contributed by atoms with Crippen molar-refractivity contribution in [2.45, 2.75) is 184 Å². The van der Waals surface area contributed by atoms with Crippen LogP contribution in [-0.4, -0.2) is 9.13 Å². The van der Waals surface area contributed by atoms with Crippen molar-refractivity contribution in [3.8, 4) is 40.4 Å². The van der Waals surface area contributed by atoms with Crippen LogP contribution in [0.1, 0.15) is 165 Å². The quantitative estimate of drug-likeness (QED) is 0.0479. The number of nitrogens with zero attached hydrogens (tertiary/aromatic N) is 2. The Balaban J connectivity index is 1.35. The molecule has 2 aromatic carbocycles. The predicted molar refractivity (Wildman–Crippen MR) is 310 cm³/mol. The van der Waals surface area contributed by atoms with Crippen molar-refractivity contribution in [1.82, 2.24) is 9.13 Å². The first-order valence-electron chi connectivity index (χ1n) is 26.5. The number of hydrogen-bond donors (Lipinski definition) is 0. The smallest absolute Gasteiger partial charge is 0.0754 e. The molecule has 0 radical (unpaired) electrons. The normalized spacial score (nSPS) is 13.0. The van der Waals surface area contributed by atoms with Crippen LogP contribution >= 0.6 is 68.5 Å². The first kappa shape index (κ1) is 51.5. The fraction of sp³-hybridized carbons (Fsp3) is 0.500. The molecular weight excluding hydrogens is 948 g/mol. The summed E-state index contributed by atoms with van der Waals surface area (Å²) in [7, 11) is 0. The number of hydrogen-bond acceptors (Lipinski definition) is 4. The van der Waals surface area contributed by atoms with Gasteiger partial charge in [-0.05, 0) is 136 Å². The molecule has 0 N–H and O–H groups in total. The van der Waals surface area contributed by atoms with Crippen LogP contribution in [0.2, 0.25) is 10.0 Å². The van der Waals surface area contributed by atoms with Gasteiger partial charge >= 0.3 is 0 Å². The van der Waals surface area contributed by atoms with Gasteiger partial charge in [-0.25, -0.2) is 0 Å². The maximum atomic E-state index is 7.68. The lowest BCUT2D eigenvalue weighted by atomic mass is 9.99. The van der Waals surface area contributed by atoms with Crippen LogP contribution < -0.4 is 0 Å². The van der Waals surface area contributed by atoms with Crippen LogP contribution in [0.15, 0.2) is 60.7 Å². The van der Waals surface area contributed by atoms with Crippen LogP contribution in [0.4, 0.5) is 0 Å². The largest absolute Gasteiger partial charge is 0.338 e. The van der Waals surface area contributed by atoms with Gasteiger partial charge in [0.2, 0.25) is 0 Å². The number of benzene rings is 2. The SMILES string of the molecule is CCCCCCc1cc(-c2cc3c(cc2Cl)c2c(c4cc(Cl)c(-c5cc(CCCCCC)c(-c6ccc(C)s6)s5)cc4n2CC(CC)CCCC)n3CC(CC)CCCC)sc1-c1ccc(C)s1. The van der Waals surface area contributed by atoms with Gasteiger partial charge in [0.1, 0.15) is 0 Å². The molecule has 8 heteroatoms. The number of rotatable bonds is 26. The van der Waals surface area contributed by atoms with Crippen LogP contribution in [0, 0.1) is 25.7 Å².